The summed E-state index contributed by atoms with van der Waals surface area (Å²) >= 11 is 6.13. The molecule has 9 heteroatoms. The Balaban J connectivity index is 1.48. The van der Waals surface area contributed by atoms with Crippen LogP contribution in [0.25, 0.3) is 11.3 Å². The molecule has 0 N–H and O–H groups in total. The normalized spacial score (nSPS) is 14.4. The van der Waals surface area contributed by atoms with Crippen molar-refractivity contribution in [3.8, 4) is 17.0 Å². The van der Waals surface area contributed by atoms with Gasteiger partial charge in [-0.15, -0.1) is 0 Å². The van der Waals surface area contributed by atoms with Gasteiger partial charge in [0.15, 0.2) is 0 Å². The number of nitrogens with zero attached hydrogens (tertiary/aromatic N) is 4. The number of methoxy groups -OCH3 is 1. The Hall–Kier alpha value is -2.55. The van der Waals surface area contributed by atoms with Crippen molar-refractivity contribution in [3.63, 3.8) is 0 Å². The minimum absolute atomic E-state index is 0.106. The number of fused-ring (bicyclic) bond motifs is 1. The molecule has 0 aliphatic carbocycles. The van der Waals surface area contributed by atoms with E-state index >= 15 is 0 Å². The molecular formula is C21H21ClN4O3S. The Bertz CT molecular complexity index is 1180. The highest BCUT2D eigenvalue weighted by atomic mass is 35.5. The van der Waals surface area contributed by atoms with Crippen LogP contribution in [0.4, 0.5) is 0 Å². The van der Waals surface area contributed by atoms with E-state index in [1.807, 2.05) is 30.5 Å². The van der Waals surface area contributed by atoms with E-state index in [1.165, 1.54) is 0 Å². The molecule has 0 amide bonds. The molecule has 0 spiro atoms. The fourth-order valence-corrected chi connectivity index (χ4v) is 4.18. The smallest absolute Gasteiger partial charge is 0.246 e. The summed E-state index contributed by atoms with van der Waals surface area (Å²) in [5, 5.41) is 0.524. The van der Waals surface area contributed by atoms with Gasteiger partial charge in [0.05, 0.1) is 18.5 Å². The SMILES string of the molecule is COc1ccc(Cl)cc1-c1ccc(CN2CCc3nc(S(C)(=O)=O)ncc3C2)cn1. The van der Waals surface area contributed by atoms with Crippen LogP contribution < -0.4 is 4.74 Å². The molecule has 156 valence electrons. The highest BCUT2D eigenvalue weighted by Crippen LogP contribution is 2.31. The molecule has 30 heavy (non-hydrogen) atoms. The molecule has 7 nitrogen and oxygen atoms in total. The summed E-state index contributed by atoms with van der Waals surface area (Å²) < 4.78 is 28.7. The third-order valence-electron chi connectivity index (χ3n) is 4.99. The number of hydrogen-bond donors (Lipinski definition) is 0. The average molecular weight is 445 g/mol. The minimum Gasteiger partial charge on any atom is -0.496 e. The maximum atomic E-state index is 11.7. The van der Waals surface area contributed by atoms with E-state index in [0.717, 1.165) is 53.2 Å². The van der Waals surface area contributed by atoms with Gasteiger partial charge in [0.1, 0.15) is 5.75 Å². The number of halogens is 1. The minimum atomic E-state index is -3.39. The summed E-state index contributed by atoms with van der Waals surface area (Å²) in [6, 6.07) is 9.46. The van der Waals surface area contributed by atoms with Crippen molar-refractivity contribution in [3.05, 3.63) is 64.6 Å². The first-order valence-electron chi connectivity index (χ1n) is 9.39. The molecule has 0 bridgehead atoms. The fourth-order valence-electron chi connectivity index (χ4n) is 3.49. The summed E-state index contributed by atoms with van der Waals surface area (Å²) in [7, 11) is -1.77. The molecule has 3 aromatic rings. The molecule has 3 heterocycles. The maximum Gasteiger partial charge on any atom is 0.246 e. The van der Waals surface area contributed by atoms with Gasteiger partial charge in [0.2, 0.25) is 15.0 Å². The van der Waals surface area contributed by atoms with E-state index in [4.69, 9.17) is 16.3 Å². The highest BCUT2D eigenvalue weighted by molar-refractivity contribution is 7.90. The quantitative estimate of drug-likeness (QED) is 0.558. The van der Waals surface area contributed by atoms with E-state index in [9.17, 15) is 8.42 Å². The molecule has 0 unspecified atom stereocenters. The van der Waals surface area contributed by atoms with E-state index in [1.54, 1.807) is 19.4 Å². The lowest BCUT2D eigenvalue weighted by Crippen LogP contribution is -2.31. The number of ether oxygens (including phenoxy) is 1. The maximum absolute atomic E-state index is 11.7. The van der Waals surface area contributed by atoms with E-state index < -0.39 is 9.84 Å². The lowest BCUT2D eigenvalue weighted by atomic mass is 10.1. The zero-order valence-corrected chi connectivity index (χ0v) is 18.2. The molecule has 0 saturated heterocycles. The van der Waals surface area contributed by atoms with E-state index in [0.29, 0.717) is 18.0 Å². The lowest BCUT2D eigenvalue weighted by molar-refractivity contribution is 0.242. The van der Waals surface area contributed by atoms with Crippen molar-refractivity contribution in [2.75, 3.05) is 19.9 Å². The second-order valence-corrected chi connectivity index (χ2v) is 9.60. The van der Waals surface area contributed by atoms with Gasteiger partial charge < -0.3 is 4.74 Å². The van der Waals surface area contributed by atoms with Gasteiger partial charge in [0.25, 0.3) is 0 Å². The van der Waals surface area contributed by atoms with Crippen LogP contribution in [-0.2, 0) is 29.3 Å². The number of benzene rings is 1. The molecule has 4 rings (SSSR count). The Morgan fingerprint density at radius 3 is 2.70 bits per heavy atom. The Morgan fingerprint density at radius 1 is 1.17 bits per heavy atom. The van der Waals surface area contributed by atoms with Gasteiger partial charge in [-0.3, -0.25) is 9.88 Å². The van der Waals surface area contributed by atoms with Crippen molar-refractivity contribution in [2.45, 2.75) is 24.7 Å². The van der Waals surface area contributed by atoms with E-state index in [-0.39, 0.29) is 5.16 Å². The van der Waals surface area contributed by atoms with Gasteiger partial charge in [-0.1, -0.05) is 17.7 Å². The second-order valence-electron chi connectivity index (χ2n) is 7.25. The van der Waals surface area contributed by atoms with Gasteiger partial charge in [-0.25, -0.2) is 18.4 Å². The molecule has 1 aromatic carbocycles. The topological polar surface area (TPSA) is 85.3 Å². The molecule has 0 fully saturated rings. The zero-order chi connectivity index (χ0) is 21.3. The number of aromatic nitrogens is 3. The number of rotatable bonds is 5. The Morgan fingerprint density at radius 2 is 2.00 bits per heavy atom. The van der Waals surface area contributed by atoms with Gasteiger partial charge in [-0.2, -0.15) is 0 Å². The van der Waals surface area contributed by atoms with Crippen molar-refractivity contribution in [1.29, 1.82) is 0 Å². The summed E-state index contributed by atoms with van der Waals surface area (Å²) in [6.45, 7) is 2.19. The average Bonchev–Trinajstić information content (AvgIpc) is 2.73. The number of sulfone groups is 1. The summed E-state index contributed by atoms with van der Waals surface area (Å²) in [6.07, 6.45) is 5.29. The Kier molecular flexibility index (Phi) is 5.73. The number of pyridine rings is 1. The summed E-state index contributed by atoms with van der Waals surface area (Å²) in [4.78, 5) is 15.1. The predicted molar refractivity (Wildman–Crippen MR) is 114 cm³/mol. The van der Waals surface area contributed by atoms with Crippen LogP contribution in [0.15, 0.2) is 47.9 Å². The molecule has 0 radical (unpaired) electrons. The Labute approximate surface area is 180 Å². The first-order chi connectivity index (χ1) is 14.3. The predicted octanol–water partition coefficient (Wildman–Crippen LogP) is 3.16. The largest absolute Gasteiger partial charge is 0.496 e. The monoisotopic (exact) mass is 444 g/mol. The molecule has 1 aliphatic rings. The first kappa shape index (κ1) is 20.7. The molecule has 2 aromatic heterocycles. The molecule has 0 saturated carbocycles. The van der Waals surface area contributed by atoms with Crippen LogP contribution in [0.2, 0.25) is 5.02 Å². The fraction of sp³-hybridized carbons (Fsp3) is 0.286. The summed E-state index contributed by atoms with van der Waals surface area (Å²) in [5.74, 6) is 0.723. The van der Waals surface area contributed by atoms with Crippen molar-refractivity contribution >= 4 is 21.4 Å². The van der Waals surface area contributed by atoms with E-state index in [2.05, 4.69) is 19.9 Å². The van der Waals surface area contributed by atoms with Crippen LogP contribution >= 0.6 is 11.6 Å². The van der Waals surface area contributed by atoms with Gasteiger partial charge in [-0.05, 0) is 29.8 Å². The van der Waals surface area contributed by atoms with Crippen LogP contribution in [0.1, 0.15) is 16.8 Å². The first-order valence-corrected chi connectivity index (χ1v) is 11.7. The molecular weight excluding hydrogens is 424 g/mol. The van der Waals surface area contributed by atoms with Crippen molar-refractivity contribution in [1.82, 2.24) is 19.9 Å². The zero-order valence-electron chi connectivity index (χ0n) is 16.7. The standard InChI is InChI=1S/C21H21ClN4O3S/c1-29-20-6-4-16(22)9-17(20)19-5-3-14(10-23-19)12-26-8-7-18-15(13-26)11-24-21(25-18)30(2,27)28/h3-6,9-11H,7-8,12-13H2,1-2H3. The van der Waals surface area contributed by atoms with Gasteiger partial charge in [0, 0.05) is 60.9 Å². The number of hydrogen-bond acceptors (Lipinski definition) is 7. The van der Waals surface area contributed by atoms with Crippen LogP contribution in [0, 0.1) is 0 Å². The lowest BCUT2D eigenvalue weighted by Gasteiger charge is -2.27. The van der Waals surface area contributed by atoms with Crippen molar-refractivity contribution < 1.29 is 13.2 Å². The third-order valence-corrected chi connectivity index (χ3v) is 6.09. The van der Waals surface area contributed by atoms with Crippen LogP contribution in [0.3, 0.4) is 0 Å². The molecule has 0 atom stereocenters. The highest BCUT2D eigenvalue weighted by Gasteiger charge is 2.21. The molecule has 1 aliphatic heterocycles. The van der Waals surface area contributed by atoms with Crippen molar-refractivity contribution in [2.24, 2.45) is 0 Å². The van der Waals surface area contributed by atoms with Crippen LogP contribution in [0.5, 0.6) is 5.75 Å². The second kappa shape index (κ2) is 8.29. The third kappa shape index (κ3) is 4.45. The van der Waals surface area contributed by atoms with Crippen LogP contribution in [-0.4, -0.2) is 48.2 Å². The summed E-state index contributed by atoms with van der Waals surface area (Å²) in [5.41, 5.74) is 4.49. The van der Waals surface area contributed by atoms with Gasteiger partial charge >= 0.3 is 0 Å².